The van der Waals surface area contributed by atoms with Crippen LogP contribution >= 0.6 is 11.8 Å². The Morgan fingerprint density at radius 2 is 2.07 bits per heavy atom. The first-order valence-electron chi connectivity index (χ1n) is 8.44. The molecule has 0 spiro atoms. The number of hydrogen-bond acceptors (Lipinski definition) is 7. The van der Waals surface area contributed by atoms with Crippen LogP contribution in [0.2, 0.25) is 0 Å². The lowest BCUT2D eigenvalue weighted by atomic mass is 10.1. The SMILES string of the molecule is O=C(CSc1n[nH]c(=O)n1Cc1ccco1)c1ccc2c(c1)OCCCO2. The lowest BCUT2D eigenvalue weighted by Crippen LogP contribution is -2.18. The van der Waals surface area contributed by atoms with Crippen molar-refractivity contribution < 1.29 is 18.7 Å². The minimum Gasteiger partial charge on any atom is -0.490 e. The molecule has 0 aliphatic carbocycles. The summed E-state index contributed by atoms with van der Waals surface area (Å²) in [5, 5.41) is 6.83. The van der Waals surface area contributed by atoms with Crippen LogP contribution in [0.5, 0.6) is 11.5 Å². The van der Waals surface area contributed by atoms with E-state index in [0.29, 0.717) is 41.2 Å². The number of furan rings is 1. The first-order valence-corrected chi connectivity index (χ1v) is 9.42. The zero-order valence-corrected chi connectivity index (χ0v) is 15.2. The number of aromatic nitrogens is 3. The van der Waals surface area contributed by atoms with Gasteiger partial charge in [-0.05, 0) is 30.3 Å². The normalized spacial score (nSPS) is 13.3. The van der Waals surface area contributed by atoms with Crippen LogP contribution in [-0.2, 0) is 6.54 Å². The van der Waals surface area contributed by atoms with Crippen LogP contribution in [0.1, 0.15) is 22.5 Å². The molecule has 1 aliphatic heterocycles. The van der Waals surface area contributed by atoms with Crippen LogP contribution in [0.15, 0.2) is 51.0 Å². The molecule has 0 atom stereocenters. The average molecular weight is 387 g/mol. The van der Waals surface area contributed by atoms with Crippen molar-refractivity contribution in [1.29, 1.82) is 0 Å². The minimum absolute atomic E-state index is 0.0874. The van der Waals surface area contributed by atoms with Gasteiger partial charge in [-0.2, -0.15) is 0 Å². The van der Waals surface area contributed by atoms with Crippen molar-refractivity contribution in [1.82, 2.24) is 14.8 Å². The van der Waals surface area contributed by atoms with Gasteiger partial charge in [0.05, 0.1) is 31.8 Å². The van der Waals surface area contributed by atoms with E-state index in [2.05, 4.69) is 10.2 Å². The number of rotatable bonds is 6. The smallest absolute Gasteiger partial charge is 0.344 e. The van der Waals surface area contributed by atoms with Gasteiger partial charge < -0.3 is 13.9 Å². The highest BCUT2D eigenvalue weighted by atomic mass is 32.2. The Balaban J connectivity index is 1.45. The summed E-state index contributed by atoms with van der Waals surface area (Å²) in [4.78, 5) is 24.5. The number of H-pyrrole nitrogens is 1. The second-order valence-electron chi connectivity index (χ2n) is 5.90. The maximum atomic E-state index is 12.6. The van der Waals surface area contributed by atoms with Crippen LogP contribution in [-0.4, -0.2) is 39.5 Å². The number of ether oxygens (including phenoxy) is 2. The zero-order valence-electron chi connectivity index (χ0n) is 14.3. The average Bonchev–Trinajstić information content (AvgIpc) is 3.24. The monoisotopic (exact) mass is 387 g/mol. The Kier molecular flexibility index (Phi) is 5.01. The Labute approximate surface area is 158 Å². The van der Waals surface area contributed by atoms with Gasteiger partial charge in [-0.3, -0.25) is 9.36 Å². The fraction of sp³-hybridized carbons (Fsp3) is 0.278. The van der Waals surface area contributed by atoms with E-state index < -0.39 is 0 Å². The maximum absolute atomic E-state index is 12.6. The van der Waals surface area contributed by atoms with Crippen molar-refractivity contribution in [3.05, 3.63) is 58.4 Å². The van der Waals surface area contributed by atoms with Crippen molar-refractivity contribution in [3.63, 3.8) is 0 Å². The second kappa shape index (κ2) is 7.75. The van der Waals surface area contributed by atoms with Crippen LogP contribution < -0.4 is 15.2 Å². The fourth-order valence-electron chi connectivity index (χ4n) is 2.66. The molecule has 3 aromatic rings. The maximum Gasteiger partial charge on any atom is 0.344 e. The van der Waals surface area contributed by atoms with Gasteiger partial charge in [0, 0.05) is 12.0 Å². The summed E-state index contributed by atoms with van der Waals surface area (Å²) in [5.74, 6) is 1.92. The van der Waals surface area contributed by atoms with Crippen LogP contribution in [0.4, 0.5) is 0 Å². The molecule has 3 heterocycles. The molecular formula is C18H17N3O5S. The van der Waals surface area contributed by atoms with E-state index in [-0.39, 0.29) is 23.8 Å². The topological polar surface area (TPSA) is 99.4 Å². The van der Waals surface area contributed by atoms with Crippen molar-refractivity contribution in [3.8, 4) is 11.5 Å². The summed E-state index contributed by atoms with van der Waals surface area (Å²) in [5.41, 5.74) is 0.180. The number of nitrogens with one attached hydrogen (secondary N) is 1. The van der Waals surface area contributed by atoms with Gasteiger partial charge in [-0.1, -0.05) is 11.8 Å². The molecule has 0 saturated carbocycles. The number of benzene rings is 1. The zero-order chi connectivity index (χ0) is 18.6. The Morgan fingerprint density at radius 3 is 2.89 bits per heavy atom. The molecule has 27 heavy (non-hydrogen) atoms. The number of fused-ring (bicyclic) bond motifs is 1. The van der Waals surface area contributed by atoms with Gasteiger partial charge >= 0.3 is 5.69 Å². The molecule has 0 bridgehead atoms. The van der Waals surface area contributed by atoms with E-state index in [1.54, 1.807) is 36.6 Å². The summed E-state index contributed by atoms with van der Waals surface area (Å²) >= 11 is 1.19. The van der Waals surface area contributed by atoms with Crippen molar-refractivity contribution in [2.75, 3.05) is 19.0 Å². The Hall–Kier alpha value is -2.94. The first kappa shape index (κ1) is 17.5. The van der Waals surface area contributed by atoms with E-state index in [0.717, 1.165) is 6.42 Å². The summed E-state index contributed by atoms with van der Waals surface area (Å²) in [7, 11) is 0. The first-order chi connectivity index (χ1) is 13.2. The molecule has 8 nitrogen and oxygen atoms in total. The minimum atomic E-state index is -0.350. The highest BCUT2D eigenvalue weighted by Gasteiger charge is 2.17. The van der Waals surface area contributed by atoms with Gasteiger partial charge in [0.25, 0.3) is 0 Å². The van der Waals surface area contributed by atoms with Crippen molar-refractivity contribution >= 4 is 17.5 Å². The van der Waals surface area contributed by atoms with Gasteiger partial charge in [-0.25, -0.2) is 9.89 Å². The third-order valence-electron chi connectivity index (χ3n) is 4.02. The largest absolute Gasteiger partial charge is 0.490 e. The number of Topliss-reactive ketones (excluding diaryl/α,β-unsaturated/α-hetero) is 1. The molecule has 140 valence electrons. The molecule has 0 amide bonds. The van der Waals surface area contributed by atoms with Gasteiger partial charge in [0.15, 0.2) is 22.4 Å². The standard InChI is InChI=1S/C18H17N3O5S/c22-14(12-4-5-15-16(9-12)26-8-2-7-25-15)11-27-18-20-19-17(23)21(18)10-13-3-1-6-24-13/h1,3-6,9H,2,7-8,10-11H2,(H,19,23). The predicted molar refractivity (Wildman–Crippen MR) is 97.8 cm³/mol. The highest BCUT2D eigenvalue weighted by molar-refractivity contribution is 7.99. The summed E-state index contributed by atoms with van der Waals surface area (Å²) in [6.07, 6.45) is 2.35. The number of carbonyl (C=O) groups excluding carboxylic acids is 1. The van der Waals surface area contributed by atoms with Crippen LogP contribution in [0.25, 0.3) is 0 Å². The molecule has 2 aromatic heterocycles. The van der Waals surface area contributed by atoms with E-state index in [1.165, 1.54) is 16.3 Å². The van der Waals surface area contributed by atoms with Gasteiger partial charge in [-0.15, -0.1) is 5.10 Å². The van der Waals surface area contributed by atoms with E-state index in [9.17, 15) is 9.59 Å². The van der Waals surface area contributed by atoms with Gasteiger partial charge in [0.1, 0.15) is 5.76 Å². The molecule has 4 rings (SSSR count). The summed E-state index contributed by atoms with van der Waals surface area (Å²) in [6.45, 7) is 1.41. The van der Waals surface area contributed by atoms with Crippen molar-refractivity contribution in [2.24, 2.45) is 0 Å². The number of ketones is 1. The second-order valence-corrected chi connectivity index (χ2v) is 6.84. The molecule has 1 aliphatic rings. The third-order valence-corrected chi connectivity index (χ3v) is 5.00. The predicted octanol–water partition coefficient (Wildman–Crippen LogP) is 2.35. The molecular weight excluding hydrogens is 370 g/mol. The van der Waals surface area contributed by atoms with E-state index >= 15 is 0 Å². The van der Waals surface area contributed by atoms with Crippen molar-refractivity contribution in [2.45, 2.75) is 18.1 Å². The number of nitrogens with zero attached hydrogens (tertiary/aromatic N) is 2. The number of carbonyl (C=O) groups is 1. The highest BCUT2D eigenvalue weighted by Crippen LogP contribution is 2.31. The number of aromatic amines is 1. The third kappa shape index (κ3) is 3.92. The number of hydrogen-bond donors (Lipinski definition) is 1. The molecule has 0 radical (unpaired) electrons. The molecule has 1 N–H and O–H groups in total. The molecule has 9 heteroatoms. The Bertz CT molecular complexity index is 993. The lowest BCUT2D eigenvalue weighted by molar-refractivity contribution is 0.102. The Morgan fingerprint density at radius 1 is 1.22 bits per heavy atom. The fourth-order valence-corrected chi connectivity index (χ4v) is 3.50. The van der Waals surface area contributed by atoms with Gasteiger partial charge in [0.2, 0.25) is 0 Å². The molecule has 0 fully saturated rings. The molecule has 1 aromatic carbocycles. The summed E-state index contributed by atoms with van der Waals surface area (Å²) in [6, 6.07) is 8.69. The lowest BCUT2D eigenvalue weighted by Gasteiger charge is -2.09. The molecule has 0 unspecified atom stereocenters. The quantitative estimate of drug-likeness (QED) is 0.512. The van der Waals surface area contributed by atoms with E-state index in [1.807, 2.05) is 0 Å². The van der Waals surface area contributed by atoms with E-state index in [4.69, 9.17) is 13.9 Å². The van der Waals surface area contributed by atoms with Crippen LogP contribution in [0.3, 0.4) is 0 Å². The summed E-state index contributed by atoms with van der Waals surface area (Å²) < 4.78 is 17.9. The molecule has 0 saturated heterocycles. The van der Waals surface area contributed by atoms with Crippen LogP contribution in [0, 0.1) is 0 Å². The number of thioether (sulfide) groups is 1.